The van der Waals surface area contributed by atoms with Crippen molar-refractivity contribution in [3.05, 3.63) is 71.6 Å². The first-order valence-electron chi connectivity index (χ1n) is 9.87. The fraction of sp³-hybridized carbons (Fsp3) is 0.217. The second-order valence-electron chi connectivity index (χ2n) is 7.53. The van der Waals surface area contributed by atoms with E-state index in [2.05, 4.69) is 15.3 Å². The number of rotatable bonds is 4. The van der Waals surface area contributed by atoms with Gasteiger partial charge in [0.25, 0.3) is 6.43 Å². The standard InChI is InChI=1S/C23H19F3N4O2/c1-12-9-18-20(22(26)28-12)17-10-27-8-7-16(17)13(2)23(32)30(18)11-19(31)29-15-5-3-14(4-6-15)21(24)25/h3-10,13,21H,11H2,1-2H3,(H,29,31). The zero-order chi connectivity index (χ0) is 23.0. The van der Waals surface area contributed by atoms with Crippen LogP contribution in [0, 0.1) is 12.9 Å². The topological polar surface area (TPSA) is 75.2 Å². The van der Waals surface area contributed by atoms with Crippen LogP contribution in [0.25, 0.3) is 11.1 Å². The number of nitrogens with zero attached hydrogens (tertiary/aromatic N) is 3. The Morgan fingerprint density at radius 2 is 1.94 bits per heavy atom. The van der Waals surface area contributed by atoms with Gasteiger partial charge in [-0.1, -0.05) is 12.1 Å². The molecule has 0 aliphatic carbocycles. The second kappa shape index (κ2) is 8.41. The molecule has 1 unspecified atom stereocenters. The van der Waals surface area contributed by atoms with Crippen LogP contribution in [0.3, 0.4) is 0 Å². The molecule has 3 aromatic rings. The molecule has 0 spiro atoms. The summed E-state index contributed by atoms with van der Waals surface area (Å²) in [7, 11) is 0. The van der Waals surface area contributed by atoms with E-state index in [1.807, 2.05) is 0 Å². The van der Waals surface area contributed by atoms with Crippen molar-refractivity contribution in [2.24, 2.45) is 0 Å². The van der Waals surface area contributed by atoms with Crippen molar-refractivity contribution in [1.82, 2.24) is 9.97 Å². The molecule has 6 nitrogen and oxygen atoms in total. The first kappa shape index (κ1) is 21.5. The molecule has 1 aliphatic rings. The number of nitrogens with one attached hydrogen (secondary N) is 1. The van der Waals surface area contributed by atoms with Crippen LogP contribution in [0.1, 0.15) is 36.1 Å². The fourth-order valence-electron chi connectivity index (χ4n) is 3.78. The van der Waals surface area contributed by atoms with E-state index < -0.39 is 30.7 Å². The van der Waals surface area contributed by atoms with Crippen LogP contribution in [0.15, 0.2) is 48.8 Å². The lowest BCUT2D eigenvalue weighted by Gasteiger charge is -2.24. The first-order valence-corrected chi connectivity index (χ1v) is 9.87. The van der Waals surface area contributed by atoms with Crippen LogP contribution in [0.2, 0.25) is 0 Å². The summed E-state index contributed by atoms with van der Waals surface area (Å²) in [6.07, 6.45) is 0.384. The van der Waals surface area contributed by atoms with E-state index in [4.69, 9.17) is 0 Å². The normalized spacial score (nSPS) is 15.2. The Morgan fingerprint density at radius 1 is 1.22 bits per heavy atom. The molecule has 9 heteroatoms. The Morgan fingerprint density at radius 3 is 2.62 bits per heavy atom. The number of hydrogen-bond acceptors (Lipinski definition) is 4. The van der Waals surface area contributed by atoms with Crippen molar-refractivity contribution in [3.8, 4) is 11.1 Å². The highest BCUT2D eigenvalue weighted by atomic mass is 19.3. The smallest absolute Gasteiger partial charge is 0.263 e. The minimum atomic E-state index is -2.62. The lowest BCUT2D eigenvalue weighted by Crippen LogP contribution is -2.40. The third kappa shape index (κ3) is 3.93. The summed E-state index contributed by atoms with van der Waals surface area (Å²) in [4.78, 5) is 35.2. The first-order chi connectivity index (χ1) is 15.3. The van der Waals surface area contributed by atoms with Gasteiger partial charge in [-0.15, -0.1) is 0 Å². The minimum absolute atomic E-state index is 0.102. The summed E-state index contributed by atoms with van der Waals surface area (Å²) in [6.45, 7) is 2.88. The summed E-state index contributed by atoms with van der Waals surface area (Å²) in [5.74, 6) is -2.35. The van der Waals surface area contributed by atoms with Crippen LogP contribution >= 0.6 is 0 Å². The third-order valence-electron chi connectivity index (χ3n) is 5.35. The molecule has 1 N–H and O–H groups in total. The molecule has 0 bridgehead atoms. The van der Waals surface area contributed by atoms with Crippen molar-refractivity contribution < 1.29 is 22.8 Å². The van der Waals surface area contributed by atoms with E-state index in [9.17, 15) is 22.8 Å². The summed E-state index contributed by atoms with van der Waals surface area (Å²) in [5, 5.41) is 2.59. The Hall–Kier alpha value is -3.75. The molecule has 0 saturated carbocycles. The third-order valence-corrected chi connectivity index (χ3v) is 5.35. The van der Waals surface area contributed by atoms with E-state index in [1.54, 1.807) is 26.0 Å². The fourth-order valence-corrected chi connectivity index (χ4v) is 3.78. The summed E-state index contributed by atoms with van der Waals surface area (Å²) < 4.78 is 40.4. The highest BCUT2D eigenvalue weighted by Crippen LogP contribution is 2.41. The van der Waals surface area contributed by atoms with Gasteiger partial charge < -0.3 is 10.2 Å². The Balaban J connectivity index is 1.69. The van der Waals surface area contributed by atoms with Crippen LogP contribution in [-0.2, 0) is 9.59 Å². The molecule has 0 saturated heterocycles. The predicted molar refractivity (Wildman–Crippen MR) is 113 cm³/mol. The molecule has 0 radical (unpaired) electrons. The van der Waals surface area contributed by atoms with Crippen molar-refractivity contribution in [3.63, 3.8) is 0 Å². The highest BCUT2D eigenvalue weighted by molar-refractivity contribution is 6.09. The van der Waals surface area contributed by atoms with E-state index in [0.29, 0.717) is 22.5 Å². The maximum atomic E-state index is 15.0. The lowest BCUT2D eigenvalue weighted by atomic mass is 9.94. The van der Waals surface area contributed by atoms with Gasteiger partial charge in [0.2, 0.25) is 17.8 Å². The van der Waals surface area contributed by atoms with E-state index >= 15 is 0 Å². The molecule has 2 aromatic heterocycles. The van der Waals surface area contributed by atoms with Gasteiger partial charge in [-0.3, -0.25) is 14.6 Å². The monoisotopic (exact) mass is 440 g/mol. The number of aromatic nitrogens is 2. The number of aryl methyl sites for hydroxylation is 1. The molecule has 1 aliphatic heterocycles. The molecular weight excluding hydrogens is 421 g/mol. The number of halogens is 3. The number of carbonyl (C=O) groups is 2. The minimum Gasteiger partial charge on any atom is -0.325 e. The van der Waals surface area contributed by atoms with Crippen molar-refractivity contribution in [1.29, 1.82) is 0 Å². The van der Waals surface area contributed by atoms with Gasteiger partial charge in [-0.05, 0) is 43.7 Å². The Bertz CT molecular complexity index is 1200. The largest absolute Gasteiger partial charge is 0.325 e. The van der Waals surface area contributed by atoms with Gasteiger partial charge in [0.05, 0.1) is 17.2 Å². The lowest BCUT2D eigenvalue weighted by molar-refractivity contribution is -0.122. The van der Waals surface area contributed by atoms with E-state index in [0.717, 1.165) is 0 Å². The highest BCUT2D eigenvalue weighted by Gasteiger charge is 2.34. The SMILES string of the molecule is Cc1cc2c(c(F)n1)-c1cnccc1C(C)C(=O)N2CC(=O)Nc1ccc(C(F)F)cc1. The van der Waals surface area contributed by atoms with Gasteiger partial charge in [0.1, 0.15) is 6.54 Å². The number of amides is 2. The van der Waals surface area contributed by atoms with Crippen molar-refractivity contribution >= 4 is 23.2 Å². The number of pyridine rings is 2. The second-order valence-corrected chi connectivity index (χ2v) is 7.53. The maximum absolute atomic E-state index is 15.0. The average molecular weight is 440 g/mol. The predicted octanol–water partition coefficient (Wildman–Crippen LogP) is 4.62. The molecule has 2 amide bonds. The Labute approximate surface area is 182 Å². The number of anilines is 2. The molecule has 4 rings (SSSR count). The van der Waals surface area contributed by atoms with E-state index in [1.165, 1.54) is 41.6 Å². The van der Waals surface area contributed by atoms with E-state index in [-0.39, 0.29) is 22.7 Å². The van der Waals surface area contributed by atoms with Crippen LogP contribution in [-0.4, -0.2) is 28.3 Å². The zero-order valence-electron chi connectivity index (χ0n) is 17.3. The summed E-state index contributed by atoms with van der Waals surface area (Å²) in [6, 6.07) is 8.33. The van der Waals surface area contributed by atoms with Gasteiger partial charge in [0, 0.05) is 34.9 Å². The van der Waals surface area contributed by atoms with Crippen LogP contribution in [0.5, 0.6) is 0 Å². The molecule has 32 heavy (non-hydrogen) atoms. The van der Waals surface area contributed by atoms with Gasteiger partial charge in [-0.25, -0.2) is 13.8 Å². The molecule has 1 aromatic carbocycles. The molecule has 3 heterocycles. The molecule has 164 valence electrons. The quantitative estimate of drug-likeness (QED) is 0.601. The summed E-state index contributed by atoms with van der Waals surface area (Å²) in [5.41, 5.74) is 1.84. The summed E-state index contributed by atoms with van der Waals surface area (Å²) >= 11 is 0. The zero-order valence-corrected chi connectivity index (χ0v) is 17.3. The number of benzene rings is 1. The number of fused-ring (bicyclic) bond motifs is 3. The number of carbonyl (C=O) groups excluding carboxylic acids is 2. The average Bonchev–Trinajstić information content (AvgIpc) is 2.84. The number of hydrogen-bond donors (Lipinski definition) is 1. The molecule has 0 fully saturated rings. The van der Waals surface area contributed by atoms with Crippen molar-refractivity contribution in [2.45, 2.75) is 26.2 Å². The molecular formula is C23H19F3N4O2. The van der Waals surface area contributed by atoms with Gasteiger partial charge in [-0.2, -0.15) is 4.39 Å². The van der Waals surface area contributed by atoms with Crippen molar-refractivity contribution in [2.75, 3.05) is 16.8 Å². The Kier molecular flexibility index (Phi) is 5.65. The van der Waals surface area contributed by atoms with Crippen LogP contribution in [0.4, 0.5) is 24.5 Å². The van der Waals surface area contributed by atoms with Gasteiger partial charge >= 0.3 is 0 Å². The van der Waals surface area contributed by atoms with Crippen LogP contribution < -0.4 is 10.2 Å². The maximum Gasteiger partial charge on any atom is 0.263 e. The molecule has 1 atom stereocenters. The van der Waals surface area contributed by atoms with Gasteiger partial charge in [0.15, 0.2) is 0 Å². The number of alkyl halides is 2.